The molecule has 0 aliphatic rings. The van der Waals surface area contributed by atoms with Gasteiger partial charge in [-0.05, 0) is 16.3 Å². The number of nitrogens with zero attached hydrogens (tertiary/aromatic N) is 2. The first-order chi connectivity index (χ1) is 9.72. The molecule has 1 heterocycles. The summed E-state index contributed by atoms with van der Waals surface area (Å²) in [5, 5.41) is 7.10. The van der Waals surface area contributed by atoms with Gasteiger partial charge in [-0.15, -0.1) is 0 Å². The van der Waals surface area contributed by atoms with Crippen molar-refractivity contribution in [3.8, 4) is 0 Å². The van der Waals surface area contributed by atoms with Gasteiger partial charge in [0.25, 0.3) is 0 Å². The molecule has 1 atom stereocenters. The van der Waals surface area contributed by atoms with Gasteiger partial charge in [-0.2, -0.15) is 5.10 Å². The first kappa shape index (κ1) is 13.1. The third kappa shape index (κ3) is 2.08. The van der Waals surface area contributed by atoms with E-state index in [1.54, 1.807) is 10.9 Å². The van der Waals surface area contributed by atoms with Crippen molar-refractivity contribution < 1.29 is 0 Å². The maximum Gasteiger partial charge on any atom is 0.0899 e. The van der Waals surface area contributed by atoms with Crippen LogP contribution in [0, 0.1) is 0 Å². The average Bonchev–Trinajstić information content (AvgIpc) is 2.81. The molecule has 3 N–H and O–H groups in total. The molecule has 0 aliphatic heterocycles. The summed E-state index contributed by atoms with van der Waals surface area (Å²) in [5.41, 5.74) is 4.78. The van der Waals surface area contributed by atoms with E-state index in [0.717, 1.165) is 16.6 Å². The summed E-state index contributed by atoms with van der Waals surface area (Å²) in [6.45, 7) is 0. The van der Waals surface area contributed by atoms with Crippen LogP contribution in [0.15, 0.2) is 48.7 Å². The maximum absolute atomic E-state index is 6.24. The molecule has 0 amide bonds. The Labute approximate surface area is 122 Å². The van der Waals surface area contributed by atoms with E-state index in [0.29, 0.717) is 5.02 Å². The summed E-state index contributed by atoms with van der Waals surface area (Å²) in [6, 6.07) is 14.1. The zero-order valence-electron chi connectivity index (χ0n) is 11.0. The predicted octanol–water partition coefficient (Wildman–Crippen LogP) is 2.78. The van der Waals surface area contributed by atoms with Crippen LogP contribution in [0.5, 0.6) is 0 Å². The standard InChI is InChI=1S/C15H15ClN4/c1-20-15(13(16)9-18-20)14(19-17)12-8-4-6-10-5-2-3-7-11(10)12/h2-9,14,19H,17H2,1H3. The number of hydrazine groups is 1. The SMILES string of the molecule is Cn1ncc(Cl)c1C(NN)c1cccc2ccccc12. The number of aromatic nitrogens is 2. The molecule has 0 spiro atoms. The minimum absolute atomic E-state index is 0.207. The van der Waals surface area contributed by atoms with Crippen LogP contribution in [0.2, 0.25) is 5.02 Å². The van der Waals surface area contributed by atoms with Crippen molar-refractivity contribution in [2.24, 2.45) is 12.9 Å². The number of hydrogen-bond donors (Lipinski definition) is 2. The van der Waals surface area contributed by atoms with Gasteiger partial charge in [0.1, 0.15) is 0 Å². The summed E-state index contributed by atoms with van der Waals surface area (Å²) in [4.78, 5) is 0. The number of halogens is 1. The average molecular weight is 287 g/mol. The van der Waals surface area contributed by atoms with Crippen LogP contribution in [-0.2, 0) is 7.05 Å². The fourth-order valence-corrected chi connectivity index (χ4v) is 2.84. The van der Waals surface area contributed by atoms with Crippen LogP contribution >= 0.6 is 11.6 Å². The van der Waals surface area contributed by atoms with E-state index < -0.39 is 0 Å². The first-order valence-electron chi connectivity index (χ1n) is 6.33. The van der Waals surface area contributed by atoms with Gasteiger partial charge < -0.3 is 0 Å². The number of benzene rings is 2. The van der Waals surface area contributed by atoms with Gasteiger partial charge in [-0.3, -0.25) is 10.5 Å². The van der Waals surface area contributed by atoms with E-state index in [4.69, 9.17) is 17.4 Å². The van der Waals surface area contributed by atoms with Gasteiger partial charge in [0.05, 0.1) is 23.0 Å². The Kier molecular flexibility index (Phi) is 3.44. The summed E-state index contributed by atoms with van der Waals surface area (Å²) in [5.74, 6) is 5.78. The summed E-state index contributed by atoms with van der Waals surface area (Å²) >= 11 is 6.24. The van der Waals surface area contributed by atoms with Gasteiger partial charge >= 0.3 is 0 Å². The fraction of sp³-hybridized carbons (Fsp3) is 0.133. The van der Waals surface area contributed by atoms with E-state index in [1.165, 1.54) is 5.39 Å². The third-order valence-electron chi connectivity index (χ3n) is 3.51. The summed E-state index contributed by atoms with van der Waals surface area (Å²) < 4.78 is 1.74. The Morgan fingerprint density at radius 2 is 1.95 bits per heavy atom. The van der Waals surface area contributed by atoms with Crippen LogP contribution in [-0.4, -0.2) is 9.78 Å². The van der Waals surface area contributed by atoms with Crippen molar-refractivity contribution >= 4 is 22.4 Å². The second-order valence-electron chi connectivity index (χ2n) is 4.67. The molecule has 102 valence electrons. The van der Waals surface area contributed by atoms with Crippen molar-refractivity contribution in [1.82, 2.24) is 15.2 Å². The molecule has 3 aromatic rings. The van der Waals surface area contributed by atoms with Gasteiger partial charge in [-0.25, -0.2) is 5.43 Å². The molecule has 0 radical (unpaired) electrons. The normalized spacial score (nSPS) is 12.8. The lowest BCUT2D eigenvalue weighted by atomic mass is 9.97. The Morgan fingerprint density at radius 3 is 2.65 bits per heavy atom. The molecular formula is C15H15ClN4. The second kappa shape index (κ2) is 5.25. The van der Waals surface area contributed by atoms with E-state index in [9.17, 15) is 0 Å². The minimum Gasteiger partial charge on any atom is -0.271 e. The molecule has 5 heteroatoms. The number of nitrogens with two attached hydrogens (primary N) is 1. The third-order valence-corrected chi connectivity index (χ3v) is 3.80. The molecule has 1 aromatic heterocycles. The number of aryl methyl sites for hydroxylation is 1. The minimum atomic E-state index is -0.207. The summed E-state index contributed by atoms with van der Waals surface area (Å²) in [7, 11) is 1.86. The fourth-order valence-electron chi connectivity index (χ4n) is 2.56. The molecule has 20 heavy (non-hydrogen) atoms. The molecule has 2 aromatic carbocycles. The van der Waals surface area contributed by atoms with Gasteiger partial charge in [0.2, 0.25) is 0 Å². The second-order valence-corrected chi connectivity index (χ2v) is 5.08. The van der Waals surface area contributed by atoms with Crippen LogP contribution in [0.25, 0.3) is 10.8 Å². The molecule has 0 bridgehead atoms. The van der Waals surface area contributed by atoms with Crippen LogP contribution in [0.4, 0.5) is 0 Å². The molecule has 0 saturated heterocycles. The number of fused-ring (bicyclic) bond motifs is 1. The Hall–Kier alpha value is -1.88. The maximum atomic E-state index is 6.24. The smallest absolute Gasteiger partial charge is 0.0899 e. The van der Waals surface area contributed by atoms with Gasteiger partial charge in [-0.1, -0.05) is 54.1 Å². The van der Waals surface area contributed by atoms with Gasteiger partial charge in [0.15, 0.2) is 0 Å². The van der Waals surface area contributed by atoms with Crippen LogP contribution < -0.4 is 11.3 Å². The van der Waals surface area contributed by atoms with E-state index in [1.807, 2.05) is 25.2 Å². The van der Waals surface area contributed by atoms with E-state index >= 15 is 0 Å². The highest BCUT2D eigenvalue weighted by Gasteiger charge is 2.21. The zero-order chi connectivity index (χ0) is 14.1. The highest BCUT2D eigenvalue weighted by Crippen LogP contribution is 2.31. The highest BCUT2D eigenvalue weighted by molar-refractivity contribution is 6.31. The lowest BCUT2D eigenvalue weighted by molar-refractivity contribution is 0.578. The molecule has 0 aliphatic carbocycles. The first-order valence-corrected chi connectivity index (χ1v) is 6.71. The van der Waals surface area contributed by atoms with Crippen LogP contribution in [0.1, 0.15) is 17.3 Å². The Morgan fingerprint density at radius 1 is 1.20 bits per heavy atom. The predicted molar refractivity (Wildman–Crippen MR) is 81.3 cm³/mol. The van der Waals surface area contributed by atoms with E-state index in [-0.39, 0.29) is 6.04 Å². The van der Waals surface area contributed by atoms with E-state index in [2.05, 4.69) is 34.8 Å². The topological polar surface area (TPSA) is 55.9 Å². The monoisotopic (exact) mass is 286 g/mol. The molecular weight excluding hydrogens is 272 g/mol. The Bertz CT molecular complexity index is 726. The molecule has 0 saturated carbocycles. The quantitative estimate of drug-likeness (QED) is 0.575. The van der Waals surface area contributed by atoms with Crippen molar-refractivity contribution in [3.63, 3.8) is 0 Å². The molecule has 1 unspecified atom stereocenters. The molecule has 0 fully saturated rings. The number of rotatable bonds is 3. The highest BCUT2D eigenvalue weighted by atomic mass is 35.5. The number of hydrogen-bond acceptors (Lipinski definition) is 3. The van der Waals surface area contributed by atoms with Crippen molar-refractivity contribution in [3.05, 3.63) is 64.9 Å². The van der Waals surface area contributed by atoms with Gasteiger partial charge in [0, 0.05) is 7.05 Å². The van der Waals surface area contributed by atoms with Crippen molar-refractivity contribution in [2.45, 2.75) is 6.04 Å². The lowest BCUT2D eigenvalue weighted by Gasteiger charge is -2.19. The van der Waals surface area contributed by atoms with Crippen molar-refractivity contribution in [2.75, 3.05) is 0 Å². The lowest BCUT2D eigenvalue weighted by Crippen LogP contribution is -2.30. The van der Waals surface area contributed by atoms with Crippen LogP contribution in [0.3, 0.4) is 0 Å². The number of nitrogens with one attached hydrogen (secondary N) is 1. The zero-order valence-corrected chi connectivity index (χ0v) is 11.8. The summed E-state index contributed by atoms with van der Waals surface area (Å²) in [6.07, 6.45) is 1.63. The largest absolute Gasteiger partial charge is 0.271 e. The van der Waals surface area contributed by atoms with Crippen molar-refractivity contribution in [1.29, 1.82) is 0 Å². The Balaban J connectivity index is 2.22. The molecule has 3 rings (SSSR count). The molecule has 4 nitrogen and oxygen atoms in total.